The lowest BCUT2D eigenvalue weighted by Crippen LogP contribution is -2.15. The molecule has 7 nitrogen and oxygen atoms in total. The van der Waals surface area contributed by atoms with E-state index in [2.05, 4.69) is 15.4 Å². The molecule has 0 saturated heterocycles. The number of rotatable bonds is 3. The van der Waals surface area contributed by atoms with Crippen LogP contribution >= 0.6 is 23.2 Å². The van der Waals surface area contributed by atoms with E-state index in [0.29, 0.717) is 32.3 Å². The summed E-state index contributed by atoms with van der Waals surface area (Å²) < 4.78 is 52.4. The first kappa shape index (κ1) is 21.4. The summed E-state index contributed by atoms with van der Waals surface area (Å²) in [5.74, 6) is 0.112. The molecule has 0 saturated carbocycles. The van der Waals surface area contributed by atoms with Gasteiger partial charge >= 0.3 is 6.18 Å². The summed E-state index contributed by atoms with van der Waals surface area (Å²) in [6, 6.07) is 11.6. The lowest BCUT2D eigenvalue weighted by Gasteiger charge is -2.11. The minimum absolute atomic E-state index is 0.00368. The zero-order valence-electron chi connectivity index (χ0n) is 16.3. The Labute approximate surface area is 193 Å². The minimum atomic E-state index is -4.79. The van der Waals surface area contributed by atoms with Crippen molar-refractivity contribution in [3.05, 3.63) is 70.0 Å². The topological polar surface area (TPSA) is 77.8 Å². The Bertz CT molecular complexity index is 1400. The zero-order valence-corrected chi connectivity index (χ0v) is 17.8. The number of benzene rings is 2. The first-order valence-electron chi connectivity index (χ1n) is 9.34. The fourth-order valence-corrected chi connectivity index (χ4v) is 3.64. The number of hydrogen-bond acceptors (Lipinski definition) is 5. The Kier molecular flexibility index (Phi) is 5.06. The third kappa shape index (κ3) is 3.91. The first-order valence-corrected chi connectivity index (χ1v) is 10.1. The standard InChI is InChI=1S/C21H11Cl2F3N4O3/c22-11-3-1-10(2-4-11)13-8-16(21(24,25)26)30-19(28-13)17(23)18(29-30)20(31)27-12-5-6-14-15(7-12)33-9-32-14/h1-8H,9H2,(H,27,31). The van der Waals surface area contributed by atoms with Crippen molar-refractivity contribution in [3.63, 3.8) is 0 Å². The van der Waals surface area contributed by atoms with Crippen molar-refractivity contribution >= 4 is 40.4 Å². The molecule has 0 radical (unpaired) electrons. The Morgan fingerprint density at radius 2 is 1.76 bits per heavy atom. The highest BCUT2D eigenvalue weighted by atomic mass is 35.5. The molecular weight excluding hydrogens is 484 g/mol. The van der Waals surface area contributed by atoms with Crippen molar-refractivity contribution in [2.45, 2.75) is 6.18 Å². The first-order chi connectivity index (χ1) is 15.7. The van der Waals surface area contributed by atoms with Crippen molar-refractivity contribution in [2.75, 3.05) is 12.1 Å². The molecule has 1 amide bonds. The number of amides is 1. The number of aromatic nitrogens is 3. The van der Waals surface area contributed by atoms with Gasteiger partial charge in [0.15, 0.2) is 28.5 Å². The van der Waals surface area contributed by atoms with Crippen LogP contribution in [0.1, 0.15) is 16.2 Å². The van der Waals surface area contributed by atoms with Crippen LogP contribution < -0.4 is 14.8 Å². The van der Waals surface area contributed by atoms with Gasteiger partial charge in [0, 0.05) is 22.3 Å². The molecule has 0 fully saturated rings. The van der Waals surface area contributed by atoms with Crippen LogP contribution in [0, 0.1) is 0 Å². The molecule has 3 heterocycles. The Morgan fingerprint density at radius 1 is 1.03 bits per heavy atom. The van der Waals surface area contributed by atoms with Crippen LogP contribution in [0.2, 0.25) is 10.0 Å². The molecule has 0 unspecified atom stereocenters. The van der Waals surface area contributed by atoms with E-state index in [1.54, 1.807) is 12.1 Å². The summed E-state index contributed by atoms with van der Waals surface area (Å²) in [7, 11) is 0. The number of anilines is 1. The number of fused-ring (bicyclic) bond motifs is 2. The van der Waals surface area contributed by atoms with Gasteiger partial charge in [0.05, 0.1) is 5.69 Å². The van der Waals surface area contributed by atoms with Gasteiger partial charge in [0.2, 0.25) is 6.79 Å². The predicted molar refractivity (Wildman–Crippen MR) is 114 cm³/mol. The van der Waals surface area contributed by atoms with Gasteiger partial charge in [0.25, 0.3) is 5.91 Å². The Morgan fingerprint density at radius 3 is 2.48 bits per heavy atom. The minimum Gasteiger partial charge on any atom is -0.454 e. The molecule has 0 spiro atoms. The molecular formula is C21H11Cl2F3N4O3. The van der Waals surface area contributed by atoms with E-state index in [-0.39, 0.29) is 23.2 Å². The second-order valence-corrected chi connectivity index (χ2v) is 7.77. The smallest absolute Gasteiger partial charge is 0.433 e. The van der Waals surface area contributed by atoms with E-state index in [9.17, 15) is 18.0 Å². The molecule has 168 valence electrons. The van der Waals surface area contributed by atoms with E-state index in [1.165, 1.54) is 30.3 Å². The van der Waals surface area contributed by atoms with Crippen LogP contribution in [0.5, 0.6) is 11.5 Å². The van der Waals surface area contributed by atoms with Crippen LogP contribution in [0.3, 0.4) is 0 Å². The molecule has 33 heavy (non-hydrogen) atoms. The van der Waals surface area contributed by atoms with Crippen LogP contribution in [-0.4, -0.2) is 27.3 Å². The SMILES string of the molecule is O=C(Nc1ccc2c(c1)OCO2)c1nn2c(C(F)(F)F)cc(-c3ccc(Cl)cc3)nc2c1Cl. The highest BCUT2D eigenvalue weighted by molar-refractivity contribution is 6.37. The Hall–Kier alpha value is -3.50. The summed E-state index contributed by atoms with van der Waals surface area (Å²) >= 11 is 12.1. The van der Waals surface area contributed by atoms with Gasteiger partial charge in [0.1, 0.15) is 5.02 Å². The molecule has 12 heteroatoms. The summed E-state index contributed by atoms with van der Waals surface area (Å²) in [5.41, 5.74) is -1.16. The van der Waals surface area contributed by atoms with Crippen molar-refractivity contribution in [3.8, 4) is 22.8 Å². The van der Waals surface area contributed by atoms with Crippen molar-refractivity contribution in [1.82, 2.24) is 14.6 Å². The lowest BCUT2D eigenvalue weighted by molar-refractivity contribution is -0.142. The average molecular weight is 495 g/mol. The number of alkyl halides is 3. The normalized spacial score (nSPS) is 12.9. The molecule has 1 N–H and O–H groups in total. The van der Waals surface area contributed by atoms with E-state index in [4.69, 9.17) is 32.7 Å². The van der Waals surface area contributed by atoms with Gasteiger partial charge in [-0.05, 0) is 30.3 Å². The molecule has 5 rings (SSSR count). The van der Waals surface area contributed by atoms with E-state index in [0.717, 1.165) is 6.07 Å². The van der Waals surface area contributed by atoms with Gasteiger partial charge in [-0.1, -0.05) is 35.3 Å². The number of carbonyl (C=O) groups excluding carboxylic acids is 1. The molecule has 0 atom stereocenters. The quantitative estimate of drug-likeness (QED) is 0.395. The van der Waals surface area contributed by atoms with Gasteiger partial charge in [-0.3, -0.25) is 4.79 Å². The number of carbonyl (C=O) groups is 1. The average Bonchev–Trinajstić information content (AvgIpc) is 3.37. The van der Waals surface area contributed by atoms with E-state index >= 15 is 0 Å². The molecule has 1 aliphatic heterocycles. The van der Waals surface area contributed by atoms with Crippen molar-refractivity contribution < 1.29 is 27.4 Å². The fraction of sp³-hybridized carbons (Fsp3) is 0.0952. The number of hydrogen-bond donors (Lipinski definition) is 1. The highest BCUT2D eigenvalue weighted by Gasteiger charge is 2.36. The molecule has 0 bridgehead atoms. The number of halogens is 5. The molecule has 0 aliphatic carbocycles. The molecule has 1 aliphatic rings. The third-order valence-electron chi connectivity index (χ3n) is 4.81. The lowest BCUT2D eigenvalue weighted by atomic mass is 10.1. The Balaban J connectivity index is 1.58. The van der Waals surface area contributed by atoms with Gasteiger partial charge < -0.3 is 14.8 Å². The fourth-order valence-electron chi connectivity index (χ4n) is 3.27. The maximum absolute atomic E-state index is 13.8. The predicted octanol–water partition coefficient (Wildman–Crippen LogP) is 5.70. The van der Waals surface area contributed by atoms with Gasteiger partial charge in [-0.2, -0.15) is 18.3 Å². The molecule has 2 aromatic heterocycles. The zero-order chi connectivity index (χ0) is 23.3. The third-order valence-corrected chi connectivity index (χ3v) is 5.41. The van der Waals surface area contributed by atoms with Crippen molar-refractivity contribution in [1.29, 1.82) is 0 Å². The van der Waals surface area contributed by atoms with E-state index in [1.807, 2.05) is 0 Å². The summed E-state index contributed by atoms with van der Waals surface area (Å²) in [5, 5.41) is 6.44. The van der Waals surface area contributed by atoms with Crippen LogP contribution in [0.25, 0.3) is 16.9 Å². The van der Waals surface area contributed by atoms with Crippen LogP contribution in [0.15, 0.2) is 48.5 Å². The van der Waals surface area contributed by atoms with E-state index < -0.39 is 23.5 Å². The van der Waals surface area contributed by atoms with Crippen molar-refractivity contribution in [2.24, 2.45) is 0 Å². The number of ether oxygens (including phenoxy) is 2. The van der Waals surface area contributed by atoms with Crippen LogP contribution in [-0.2, 0) is 6.18 Å². The second-order valence-electron chi connectivity index (χ2n) is 6.95. The monoisotopic (exact) mass is 494 g/mol. The highest BCUT2D eigenvalue weighted by Crippen LogP contribution is 2.36. The summed E-state index contributed by atoms with van der Waals surface area (Å²) in [6.45, 7) is 0.0485. The summed E-state index contributed by atoms with van der Waals surface area (Å²) in [4.78, 5) is 17.0. The number of nitrogens with zero attached hydrogens (tertiary/aromatic N) is 3. The van der Waals surface area contributed by atoms with Gasteiger partial charge in [-0.15, -0.1) is 0 Å². The molecule has 2 aromatic carbocycles. The maximum Gasteiger partial charge on any atom is 0.433 e. The van der Waals surface area contributed by atoms with Crippen LogP contribution in [0.4, 0.5) is 18.9 Å². The maximum atomic E-state index is 13.8. The number of nitrogens with one attached hydrogen (secondary N) is 1. The van der Waals surface area contributed by atoms with Gasteiger partial charge in [-0.25, -0.2) is 9.50 Å². The second kappa shape index (κ2) is 7.82. The largest absolute Gasteiger partial charge is 0.454 e. The molecule has 4 aromatic rings. The summed E-state index contributed by atoms with van der Waals surface area (Å²) in [6.07, 6.45) is -4.79.